The summed E-state index contributed by atoms with van der Waals surface area (Å²) >= 11 is 6.14. The van der Waals surface area contributed by atoms with E-state index in [1.807, 2.05) is 24.3 Å². The Morgan fingerprint density at radius 2 is 1.60 bits per heavy atom. The van der Waals surface area contributed by atoms with Gasteiger partial charge in [-0.15, -0.1) is 0 Å². The van der Waals surface area contributed by atoms with Gasteiger partial charge in [-0.25, -0.2) is 0 Å². The van der Waals surface area contributed by atoms with Crippen LogP contribution in [0.2, 0.25) is 5.02 Å². The van der Waals surface area contributed by atoms with Crippen molar-refractivity contribution < 1.29 is 33.8 Å². The number of halogens is 1. The van der Waals surface area contributed by atoms with Crippen molar-refractivity contribution in [2.24, 2.45) is 56.2 Å². The zero-order valence-electron chi connectivity index (χ0n) is 35.0. The highest BCUT2D eigenvalue weighted by Gasteiger charge is 2.71. The van der Waals surface area contributed by atoms with Gasteiger partial charge in [0.25, 0.3) is 0 Å². The van der Waals surface area contributed by atoms with E-state index in [1.165, 1.54) is 12.5 Å². The molecule has 2 unspecified atom stereocenters. The zero-order valence-corrected chi connectivity index (χ0v) is 35.8. The number of fused-ring (bicyclic) bond motifs is 7. The predicted molar refractivity (Wildman–Crippen MR) is 214 cm³/mol. The maximum Gasteiger partial charge on any atom is 0.309 e. The number of nitrogens with one attached hydrogen (secondary N) is 1. The van der Waals surface area contributed by atoms with E-state index in [2.05, 4.69) is 53.8 Å². The number of ketones is 1. The third kappa shape index (κ3) is 6.91. The average Bonchev–Trinajstić information content (AvgIpc) is 3.39. The van der Waals surface area contributed by atoms with Crippen LogP contribution in [0, 0.1) is 56.2 Å². The van der Waals surface area contributed by atoms with Crippen LogP contribution in [0.15, 0.2) is 35.4 Å². The summed E-state index contributed by atoms with van der Waals surface area (Å²) in [7, 11) is 0. The van der Waals surface area contributed by atoms with Gasteiger partial charge < -0.3 is 19.9 Å². The molecule has 0 bridgehead atoms. The van der Waals surface area contributed by atoms with Crippen LogP contribution in [-0.2, 0) is 35.2 Å². The number of esters is 2. The van der Waals surface area contributed by atoms with Gasteiger partial charge in [0, 0.05) is 42.3 Å². The van der Waals surface area contributed by atoms with Gasteiger partial charge in [-0.1, -0.05) is 72.2 Å². The smallest absolute Gasteiger partial charge is 0.309 e. The Morgan fingerprint density at radius 1 is 0.927 bits per heavy atom. The summed E-state index contributed by atoms with van der Waals surface area (Å²) < 4.78 is 12.5. The molecular formula is C46H66ClNO7. The lowest BCUT2D eigenvalue weighted by Crippen LogP contribution is -2.66. The van der Waals surface area contributed by atoms with E-state index in [1.54, 1.807) is 13.8 Å². The van der Waals surface area contributed by atoms with Crippen LogP contribution in [0.1, 0.15) is 139 Å². The first kappa shape index (κ1) is 41.9. The minimum absolute atomic E-state index is 0.0168. The molecule has 0 aliphatic heterocycles. The van der Waals surface area contributed by atoms with Gasteiger partial charge in [0.2, 0.25) is 0 Å². The summed E-state index contributed by atoms with van der Waals surface area (Å²) in [4.78, 5) is 52.0. The molecule has 1 aromatic carbocycles. The average molecular weight is 780 g/mol. The first-order chi connectivity index (χ1) is 25.5. The highest BCUT2D eigenvalue weighted by molar-refractivity contribution is 6.30. The Kier molecular flexibility index (Phi) is 11.1. The number of allylic oxidation sites excluding steroid dienone is 1. The molecule has 0 spiro atoms. The Morgan fingerprint density at radius 3 is 2.22 bits per heavy atom. The molecule has 8 nitrogen and oxygen atoms in total. The predicted octanol–water partition coefficient (Wildman–Crippen LogP) is 9.75. The zero-order chi connectivity index (χ0) is 40.5. The molecule has 4 fully saturated rings. The largest absolute Gasteiger partial charge is 0.481 e. The lowest BCUT2D eigenvalue weighted by atomic mass is 9.33. The molecule has 0 amide bonds. The quantitative estimate of drug-likeness (QED) is 0.213. The normalized spacial score (nSPS) is 36.0. The molecule has 4 saturated carbocycles. The molecule has 0 radical (unpaired) electrons. The van der Waals surface area contributed by atoms with Crippen LogP contribution in [-0.4, -0.2) is 47.6 Å². The van der Waals surface area contributed by atoms with Gasteiger partial charge in [0.05, 0.1) is 11.8 Å². The second kappa shape index (κ2) is 14.6. The minimum atomic E-state index is -1.18. The van der Waals surface area contributed by atoms with Gasteiger partial charge in [-0.3, -0.25) is 19.2 Å². The van der Waals surface area contributed by atoms with Crippen LogP contribution < -0.4 is 5.32 Å². The van der Waals surface area contributed by atoms with Crippen LogP contribution in [0.25, 0.3) is 0 Å². The lowest BCUT2D eigenvalue weighted by Gasteiger charge is -2.72. The molecule has 9 atom stereocenters. The number of carbonyl (C=O) groups excluding carboxylic acids is 3. The van der Waals surface area contributed by atoms with Crippen molar-refractivity contribution >= 4 is 35.3 Å². The van der Waals surface area contributed by atoms with Crippen molar-refractivity contribution in [3.63, 3.8) is 0 Å². The van der Waals surface area contributed by atoms with E-state index >= 15 is 0 Å². The van der Waals surface area contributed by atoms with Crippen molar-refractivity contribution in [2.45, 2.75) is 152 Å². The molecule has 5 aliphatic rings. The van der Waals surface area contributed by atoms with Crippen LogP contribution in [0.5, 0.6) is 0 Å². The summed E-state index contributed by atoms with van der Waals surface area (Å²) in [6.07, 6.45) is 7.14. The Hall–Kier alpha value is -2.71. The summed E-state index contributed by atoms with van der Waals surface area (Å²) in [5.74, 6) is -0.439. The third-order valence-electron chi connectivity index (χ3n) is 16.4. The fraction of sp³-hybridized carbons (Fsp3) is 0.739. The van der Waals surface area contributed by atoms with Crippen LogP contribution in [0.3, 0.4) is 0 Å². The van der Waals surface area contributed by atoms with Gasteiger partial charge in [0.1, 0.15) is 12.2 Å². The molecule has 1 aromatic rings. The molecule has 2 N–H and O–H groups in total. The number of hydrogen-bond acceptors (Lipinski definition) is 7. The minimum Gasteiger partial charge on any atom is -0.481 e. The molecule has 5 aliphatic carbocycles. The van der Waals surface area contributed by atoms with Crippen molar-refractivity contribution in [1.29, 1.82) is 0 Å². The molecule has 304 valence electrons. The maximum absolute atomic E-state index is 14.3. The fourth-order valence-corrected chi connectivity index (χ4v) is 13.5. The fourth-order valence-electron chi connectivity index (χ4n) is 13.4. The van der Waals surface area contributed by atoms with Crippen molar-refractivity contribution in [1.82, 2.24) is 5.32 Å². The number of carboxylic acid groups (broad SMARTS) is 1. The number of hydrogen-bond donors (Lipinski definition) is 2. The molecule has 6 rings (SSSR count). The number of benzene rings is 1. The van der Waals surface area contributed by atoms with E-state index < -0.39 is 28.9 Å². The van der Waals surface area contributed by atoms with E-state index in [4.69, 9.17) is 21.1 Å². The molecule has 9 heteroatoms. The summed E-state index contributed by atoms with van der Waals surface area (Å²) in [6.45, 7) is 22.1. The SMILES string of the molecule is CC(=O)OC(CNCc1ccc(Cl)cc1)[C@@]12CC[C@]3(C)[C@H](CC[C@@H]4[C@@]5(C)CC[C@H](OC(=O)CC(C)(C)C(=O)O)C(C)(C)C5CC[C@]43C)C1=C(C(C)C)C(=O)C2. The molecule has 0 saturated heterocycles. The molecule has 0 aromatic heterocycles. The summed E-state index contributed by atoms with van der Waals surface area (Å²) in [5.41, 5.74) is 1.37. The monoisotopic (exact) mass is 779 g/mol. The standard InChI is InChI=1S/C46H66ClNO7/c1-27(2)38-32(50)23-46(36(54-28(3)49)26-48-25-29-11-13-30(47)14-12-29)22-21-44(9)31(39(38)46)15-16-34-43(8)19-18-35(55-37(51)24-41(4,5)40(52)53)42(6,7)33(43)17-20-45(34,44)10/h11-14,27,31,33-36,48H,15-26H2,1-10H3,(H,52,53)/t31-,33?,34-,35+,36?,43+,44-,45-,46+/m1/s1. The molecular weight excluding hydrogens is 714 g/mol. The number of rotatable bonds is 11. The highest BCUT2D eigenvalue weighted by Crippen LogP contribution is 2.77. The first-order valence-corrected chi connectivity index (χ1v) is 21.2. The second-order valence-electron chi connectivity index (χ2n) is 20.4. The number of ether oxygens (including phenoxy) is 2. The first-order valence-electron chi connectivity index (χ1n) is 20.9. The second-order valence-corrected chi connectivity index (χ2v) is 20.8. The van der Waals surface area contributed by atoms with Crippen molar-refractivity contribution in [3.05, 3.63) is 46.0 Å². The van der Waals surface area contributed by atoms with Crippen LogP contribution >= 0.6 is 11.6 Å². The molecule has 55 heavy (non-hydrogen) atoms. The van der Waals surface area contributed by atoms with Gasteiger partial charge in [-0.2, -0.15) is 0 Å². The number of carbonyl (C=O) groups is 4. The lowest BCUT2D eigenvalue weighted by molar-refractivity contribution is -0.235. The van der Waals surface area contributed by atoms with E-state index in [0.717, 1.165) is 62.5 Å². The molecule has 0 heterocycles. The number of carboxylic acids is 1. The van der Waals surface area contributed by atoms with Gasteiger partial charge >= 0.3 is 17.9 Å². The highest BCUT2D eigenvalue weighted by atomic mass is 35.5. The Labute approximate surface area is 334 Å². The van der Waals surface area contributed by atoms with Gasteiger partial charge in [-0.05, 0) is 134 Å². The summed E-state index contributed by atoms with van der Waals surface area (Å²) in [6, 6.07) is 7.76. The summed E-state index contributed by atoms with van der Waals surface area (Å²) in [5, 5.41) is 13.9. The topological polar surface area (TPSA) is 119 Å². The Bertz CT molecular complexity index is 1730. The van der Waals surface area contributed by atoms with E-state index in [0.29, 0.717) is 36.4 Å². The maximum atomic E-state index is 14.3. The number of aliphatic carboxylic acids is 1. The van der Waals surface area contributed by atoms with Crippen LogP contribution in [0.4, 0.5) is 0 Å². The number of Topliss-reactive ketones (excluding diaryl/α,β-unsaturated/α-hetero) is 1. The third-order valence-corrected chi connectivity index (χ3v) is 16.6. The van der Waals surface area contributed by atoms with E-state index in [9.17, 15) is 24.3 Å². The Balaban J connectivity index is 1.30. The van der Waals surface area contributed by atoms with Crippen molar-refractivity contribution in [2.75, 3.05) is 6.54 Å². The van der Waals surface area contributed by atoms with Crippen molar-refractivity contribution in [3.8, 4) is 0 Å². The van der Waals surface area contributed by atoms with E-state index in [-0.39, 0.29) is 57.8 Å². The van der Waals surface area contributed by atoms with Gasteiger partial charge in [0.15, 0.2) is 5.78 Å².